The molecule has 22 heavy (non-hydrogen) atoms. The highest BCUT2D eigenvalue weighted by atomic mass is 79.9. The van der Waals surface area contributed by atoms with Crippen molar-refractivity contribution in [3.8, 4) is 0 Å². The van der Waals surface area contributed by atoms with Gasteiger partial charge >= 0.3 is 0 Å². The van der Waals surface area contributed by atoms with E-state index in [1.54, 1.807) is 31.1 Å². The number of piperidine rings is 1. The van der Waals surface area contributed by atoms with Crippen LogP contribution in [-0.4, -0.2) is 61.4 Å². The van der Waals surface area contributed by atoms with Gasteiger partial charge in [0.25, 0.3) is 5.91 Å². The van der Waals surface area contributed by atoms with E-state index in [1.807, 2.05) is 0 Å². The Kier molecular flexibility index (Phi) is 7.38. The molecule has 0 aromatic carbocycles. The van der Waals surface area contributed by atoms with Gasteiger partial charge in [0.1, 0.15) is 0 Å². The minimum Gasteiger partial charge on any atom is -0.444 e. The van der Waals surface area contributed by atoms with Gasteiger partial charge in [-0.25, -0.2) is 0 Å². The third-order valence-electron chi connectivity index (χ3n) is 3.75. The van der Waals surface area contributed by atoms with E-state index in [0.717, 1.165) is 25.9 Å². The molecule has 1 N–H and O–H groups in total. The molecular formula is C14H21BrClN3O3. The molecule has 124 valence electrons. The molecule has 1 aromatic rings. The zero-order valence-electron chi connectivity index (χ0n) is 12.7. The van der Waals surface area contributed by atoms with Gasteiger partial charge in [0.05, 0.1) is 6.54 Å². The van der Waals surface area contributed by atoms with Gasteiger partial charge in [-0.3, -0.25) is 9.59 Å². The molecule has 1 fully saturated rings. The van der Waals surface area contributed by atoms with Crippen LogP contribution in [0.5, 0.6) is 0 Å². The highest BCUT2D eigenvalue weighted by molar-refractivity contribution is 9.10. The van der Waals surface area contributed by atoms with Gasteiger partial charge in [-0.15, -0.1) is 12.4 Å². The van der Waals surface area contributed by atoms with Crippen LogP contribution in [0.1, 0.15) is 23.4 Å². The molecule has 0 bridgehead atoms. The Labute approximate surface area is 144 Å². The lowest BCUT2D eigenvalue weighted by atomic mass is 10.1. The van der Waals surface area contributed by atoms with Crippen molar-refractivity contribution < 1.29 is 14.0 Å². The molecule has 8 heteroatoms. The summed E-state index contributed by atoms with van der Waals surface area (Å²) < 4.78 is 5.71. The number of amides is 2. The third-order valence-corrected chi connectivity index (χ3v) is 4.18. The molecule has 1 aliphatic rings. The quantitative estimate of drug-likeness (QED) is 0.845. The lowest BCUT2D eigenvalue weighted by Gasteiger charge is -2.32. The highest BCUT2D eigenvalue weighted by Crippen LogP contribution is 2.16. The number of hydrogen-bond acceptors (Lipinski definition) is 4. The molecule has 1 aliphatic heterocycles. The summed E-state index contributed by atoms with van der Waals surface area (Å²) in [6.45, 7) is 1.91. The smallest absolute Gasteiger partial charge is 0.289 e. The van der Waals surface area contributed by atoms with Gasteiger partial charge in [-0.05, 0) is 54.0 Å². The zero-order chi connectivity index (χ0) is 15.4. The second kappa shape index (κ2) is 8.55. The molecule has 0 saturated carbocycles. The summed E-state index contributed by atoms with van der Waals surface area (Å²) in [4.78, 5) is 27.5. The van der Waals surface area contributed by atoms with Crippen molar-refractivity contribution in [3.05, 3.63) is 22.6 Å². The van der Waals surface area contributed by atoms with Gasteiger partial charge in [0.15, 0.2) is 10.4 Å². The van der Waals surface area contributed by atoms with Crippen LogP contribution in [0.2, 0.25) is 0 Å². The summed E-state index contributed by atoms with van der Waals surface area (Å²) in [6.07, 6.45) is 1.90. The molecule has 0 spiro atoms. The number of furan rings is 1. The first-order valence-corrected chi connectivity index (χ1v) is 7.75. The van der Waals surface area contributed by atoms with Gasteiger partial charge < -0.3 is 19.5 Å². The SMILES string of the molecule is CN(CC(=O)N(C)C1CCNCC1)C(=O)c1ccc(Br)o1.Cl. The van der Waals surface area contributed by atoms with E-state index < -0.39 is 0 Å². The van der Waals surface area contributed by atoms with Gasteiger partial charge in [0.2, 0.25) is 5.91 Å². The van der Waals surface area contributed by atoms with Crippen molar-refractivity contribution in [3.63, 3.8) is 0 Å². The first-order chi connectivity index (χ1) is 9.99. The van der Waals surface area contributed by atoms with Crippen LogP contribution in [0.3, 0.4) is 0 Å². The van der Waals surface area contributed by atoms with Crippen LogP contribution in [-0.2, 0) is 4.79 Å². The summed E-state index contributed by atoms with van der Waals surface area (Å²) in [6, 6.07) is 3.49. The molecule has 2 rings (SSSR count). The van der Waals surface area contributed by atoms with Crippen LogP contribution in [0.25, 0.3) is 0 Å². The standard InChI is InChI=1S/C14H20BrN3O3.ClH/c1-17(14(20)11-3-4-12(15)21-11)9-13(19)18(2)10-5-7-16-8-6-10;/h3-4,10,16H,5-9H2,1-2H3;1H. The average molecular weight is 395 g/mol. The number of nitrogens with zero attached hydrogens (tertiary/aromatic N) is 2. The minimum absolute atomic E-state index is 0. The summed E-state index contributed by atoms with van der Waals surface area (Å²) in [7, 11) is 3.41. The van der Waals surface area contributed by atoms with Crippen LogP contribution >= 0.6 is 28.3 Å². The maximum absolute atomic E-state index is 12.3. The van der Waals surface area contributed by atoms with Gasteiger partial charge in [-0.1, -0.05) is 0 Å². The summed E-state index contributed by atoms with van der Waals surface area (Å²) in [5, 5.41) is 3.27. The Bertz CT molecular complexity index is 517. The fourth-order valence-corrected chi connectivity index (χ4v) is 2.71. The van der Waals surface area contributed by atoms with Crippen molar-refractivity contribution in [2.45, 2.75) is 18.9 Å². The molecule has 1 saturated heterocycles. The van der Waals surface area contributed by atoms with E-state index in [1.165, 1.54) is 4.90 Å². The summed E-state index contributed by atoms with van der Waals surface area (Å²) in [5.41, 5.74) is 0. The topological polar surface area (TPSA) is 65.8 Å². The molecule has 2 heterocycles. The van der Waals surface area contributed by atoms with Crippen LogP contribution in [0.15, 0.2) is 21.2 Å². The molecule has 1 aromatic heterocycles. The Balaban J connectivity index is 0.00000242. The molecule has 2 amide bonds. The van der Waals surface area contributed by atoms with Crippen molar-refractivity contribution in [2.24, 2.45) is 0 Å². The fraction of sp³-hybridized carbons (Fsp3) is 0.571. The number of rotatable bonds is 4. The van der Waals surface area contributed by atoms with Crippen molar-refractivity contribution in [2.75, 3.05) is 33.7 Å². The number of carbonyl (C=O) groups excluding carboxylic acids is 2. The van der Waals surface area contributed by atoms with Crippen molar-refractivity contribution in [1.82, 2.24) is 15.1 Å². The highest BCUT2D eigenvalue weighted by Gasteiger charge is 2.24. The van der Waals surface area contributed by atoms with E-state index in [-0.39, 0.29) is 42.6 Å². The Morgan fingerprint density at radius 3 is 2.50 bits per heavy atom. The fourth-order valence-electron chi connectivity index (χ4n) is 2.40. The first kappa shape index (κ1) is 19.0. The molecular weight excluding hydrogens is 374 g/mol. The van der Waals surface area contributed by atoms with E-state index >= 15 is 0 Å². The minimum atomic E-state index is -0.298. The van der Waals surface area contributed by atoms with Crippen molar-refractivity contribution >= 4 is 40.2 Å². The number of hydrogen-bond donors (Lipinski definition) is 1. The monoisotopic (exact) mass is 393 g/mol. The Hall–Kier alpha value is -1.05. The summed E-state index contributed by atoms with van der Waals surface area (Å²) >= 11 is 3.16. The average Bonchev–Trinajstić information content (AvgIpc) is 2.93. The maximum Gasteiger partial charge on any atom is 0.289 e. The Morgan fingerprint density at radius 1 is 1.32 bits per heavy atom. The second-order valence-corrected chi connectivity index (χ2v) is 6.03. The lowest BCUT2D eigenvalue weighted by Crippen LogP contribution is -2.47. The molecule has 0 atom stereocenters. The predicted octanol–water partition coefficient (Wildman–Crippen LogP) is 1.75. The van der Waals surface area contributed by atoms with E-state index in [0.29, 0.717) is 4.67 Å². The van der Waals surface area contributed by atoms with Gasteiger partial charge in [-0.2, -0.15) is 0 Å². The van der Waals surface area contributed by atoms with E-state index in [2.05, 4.69) is 21.2 Å². The first-order valence-electron chi connectivity index (χ1n) is 6.96. The van der Waals surface area contributed by atoms with Crippen LogP contribution in [0.4, 0.5) is 0 Å². The number of carbonyl (C=O) groups is 2. The van der Waals surface area contributed by atoms with Crippen molar-refractivity contribution in [1.29, 1.82) is 0 Å². The number of likely N-dealkylation sites (N-methyl/N-ethyl adjacent to an activating group) is 2. The predicted molar refractivity (Wildman–Crippen MR) is 89.3 cm³/mol. The maximum atomic E-state index is 12.3. The zero-order valence-corrected chi connectivity index (χ0v) is 15.1. The summed E-state index contributed by atoms with van der Waals surface area (Å²) in [5.74, 6) is -0.127. The normalized spacial score (nSPS) is 15.0. The number of nitrogens with one attached hydrogen (secondary N) is 1. The molecule has 0 radical (unpaired) electrons. The molecule has 0 aliphatic carbocycles. The Morgan fingerprint density at radius 2 is 1.95 bits per heavy atom. The van der Waals surface area contributed by atoms with Crippen LogP contribution in [0, 0.1) is 0 Å². The van der Waals surface area contributed by atoms with Gasteiger partial charge in [0, 0.05) is 20.1 Å². The molecule has 0 unspecified atom stereocenters. The lowest BCUT2D eigenvalue weighted by molar-refractivity contribution is -0.132. The van der Waals surface area contributed by atoms with E-state index in [4.69, 9.17) is 4.42 Å². The third kappa shape index (κ3) is 4.72. The van der Waals surface area contributed by atoms with E-state index in [9.17, 15) is 9.59 Å². The largest absolute Gasteiger partial charge is 0.444 e. The number of halogens is 2. The second-order valence-electron chi connectivity index (χ2n) is 5.25. The van der Waals surface area contributed by atoms with Crippen LogP contribution < -0.4 is 5.32 Å². The molecule has 6 nitrogen and oxygen atoms in total.